The third-order valence-electron chi connectivity index (χ3n) is 3.38. The first-order chi connectivity index (χ1) is 11.5. The molecule has 0 aliphatic heterocycles. The Morgan fingerprint density at radius 2 is 1.88 bits per heavy atom. The molecular formula is C17H13Cl2N3OS. The van der Waals surface area contributed by atoms with E-state index in [2.05, 4.69) is 10.1 Å². The van der Waals surface area contributed by atoms with Crippen molar-refractivity contribution < 1.29 is 4.79 Å². The van der Waals surface area contributed by atoms with Gasteiger partial charge in [-0.1, -0.05) is 35.0 Å². The highest BCUT2D eigenvalue weighted by Gasteiger charge is 2.19. The number of nitrogens with zero attached hydrogens (tertiary/aromatic N) is 3. The highest BCUT2D eigenvalue weighted by atomic mass is 35.5. The van der Waals surface area contributed by atoms with Gasteiger partial charge in [0.25, 0.3) is 5.91 Å². The zero-order valence-electron chi connectivity index (χ0n) is 13.0. The van der Waals surface area contributed by atoms with Gasteiger partial charge in [0.05, 0.1) is 21.8 Å². The average Bonchev–Trinajstić information content (AvgIpc) is 2.82. The molecule has 2 aromatic heterocycles. The molecular weight excluding hydrogens is 365 g/mol. The van der Waals surface area contributed by atoms with Crippen LogP contribution in [0.5, 0.6) is 0 Å². The maximum absolute atomic E-state index is 12.6. The number of carbonyl (C=O) groups excluding carboxylic acids is 1. The summed E-state index contributed by atoms with van der Waals surface area (Å²) in [6, 6.07) is 8.79. The van der Waals surface area contributed by atoms with Gasteiger partial charge in [-0.3, -0.25) is 9.78 Å². The van der Waals surface area contributed by atoms with Crippen molar-refractivity contribution in [2.45, 2.75) is 23.6 Å². The standard InChI is InChI=1S/C17H13Cl2N3OS/c1-10-16(24-15-7-13(18)6-14(19)8-15)11(2)22(21-10)17(23)12-4-3-5-20-9-12/h3-9H,1-2H3. The normalized spacial score (nSPS) is 10.8. The van der Waals surface area contributed by atoms with Gasteiger partial charge in [0, 0.05) is 27.3 Å². The van der Waals surface area contributed by atoms with Crippen molar-refractivity contribution in [3.63, 3.8) is 0 Å². The van der Waals surface area contributed by atoms with Crippen LogP contribution in [0.1, 0.15) is 21.7 Å². The van der Waals surface area contributed by atoms with Crippen LogP contribution in [0.2, 0.25) is 10.0 Å². The number of aromatic nitrogens is 3. The average molecular weight is 378 g/mol. The van der Waals surface area contributed by atoms with E-state index in [0.717, 1.165) is 21.2 Å². The van der Waals surface area contributed by atoms with Gasteiger partial charge < -0.3 is 0 Å². The van der Waals surface area contributed by atoms with Crippen LogP contribution in [0.25, 0.3) is 0 Å². The van der Waals surface area contributed by atoms with Gasteiger partial charge in [0.1, 0.15) is 0 Å². The summed E-state index contributed by atoms with van der Waals surface area (Å²) in [5, 5.41) is 5.52. The Balaban J connectivity index is 1.96. The minimum atomic E-state index is -0.209. The first kappa shape index (κ1) is 17.0. The third kappa shape index (κ3) is 3.48. The van der Waals surface area contributed by atoms with E-state index in [1.807, 2.05) is 26.0 Å². The molecule has 0 saturated carbocycles. The second kappa shape index (κ2) is 6.97. The Labute approximate surface area is 153 Å². The molecule has 0 spiro atoms. The zero-order chi connectivity index (χ0) is 17.3. The molecule has 3 rings (SSSR count). The van der Waals surface area contributed by atoms with Crippen molar-refractivity contribution in [1.82, 2.24) is 14.8 Å². The molecule has 24 heavy (non-hydrogen) atoms. The SMILES string of the molecule is Cc1nn(C(=O)c2cccnc2)c(C)c1Sc1cc(Cl)cc(Cl)c1. The van der Waals surface area contributed by atoms with Gasteiger partial charge in [-0.15, -0.1) is 0 Å². The predicted octanol–water partition coefficient (Wildman–Crippen LogP) is 5.04. The first-order valence-corrected chi connectivity index (χ1v) is 8.68. The fourth-order valence-corrected chi connectivity index (χ4v) is 3.98. The highest BCUT2D eigenvalue weighted by Crippen LogP contribution is 2.35. The minimum absolute atomic E-state index is 0.209. The fraction of sp³-hybridized carbons (Fsp3) is 0.118. The van der Waals surface area contributed by atoms with E-state index in [1.165, 1.54) is 22.6 Å². The Bertz CT molecular complexity index is 889. The van der Waals surface area contributed by atoms with Gasteiger partial charge in [0.15, 0.2) is 0 Å². The Kier molecular flexibility index (Phi) is 4.94. The molecule has 1 aromatic carbocycles. The van der Waals surface area contributed by atoms with Crippen LogP contribution in [-0.4, -0.2) is 20.7 Å². The Morgan fingerprint density at radius 1 is 1.17 bits per heavy atom. The van der Waals surface area contributed by atoms with Crippen LogP contribution in [0.15, 0.2) is 52.5 Å². The monoisotopic (exact) mass is 377 g/mol. The van der Waals surface area contributed by atoms with Crippen molar-refractivity contribution in [2.75, 3.05) is 0 Å². The van der Waals surface area contributed by atoms with Crippen LogP contribution in [0.4, 0.5) is 0 Å². The van der Waals surface area contributed by atoms with Crippen molar-refractivity contribution >= 4 is 40.9 Å². The van der Waals surface area contributed by atoms with Crippen molar-refractivity contribution in [2.24, 2.45) is 0 Å². The molecule has 3 aromatic rings. The number of aryl methyl sites for hydroxylation is 1. The van der Waals surface area contributed by atoms with E-state index in [-0.39, 0.29) is 5.91 Å². The topological polar surface area (TPSA) is 47.8 Å². The summed E-state index contributed by atoms with van der Waals surface area (Å²) in [5.74, 6) is -0.209. The summed E-state index contributed by atoms with van der Waals surface area (Å²) >= 11 is 13.6. The predicted molar refractivity (Wildman–Crippen MR) is 96.3 cm³/mol. The maximum atomic E-state index is 12.6. The molecule has 122 valence electrons. The number of benzene rings is 1. The summed E-state index contributed by atoms with van der Waals surface area (Å²) in [4.78, 5) is 18.4. The quantitative estimate of drug-likeness (QED) is 0.641. The number of hydrogen-bond acceptors (Lipinski definition) is 4. The van der Waals surface area contributed by atoms with E-state index in [4.69, 9.17) is 23.2 Å². The van der Waals surface area contributed by atoms with Crippen LogP contribution < -0.4 is 0 Å². The van der Waals surface area contributed by atoms with Crippen molar-refractivity contribution in [1.29, 1.82) is 0 Å². The summed E-state index contributed by atoms with van der Waals surface area (Å²) in [6.45, 7) is 3.73. The largest absolute Gasteiger partial charge is 0.279 e. The van der Waals surface area contributed by atoms with Crippen LogP contribution >= 0.6 is 35.0 Å². The molecule has 0 N–H and O–H groups in total. The Morgan fingerprint density at radius 3 is 2.50 bits per heavy atom. The van der Waals surface area contributed by atoms with Crippen LogP contribution in [0.3, 0.4) is 0 Å². The second-order valence-corrected chi connectivity index (χ2v) is 7.12. The maximum Gasteiger partial charge on any atom is 0.279 e. The number of hydrogen-bond donors (Lipinski definition) is 0. The van der Waals surface area contributed by atoms with E-state index in [0.29, 0.717) is 15.6 Å². The molecule has 4 nitrogen and oxygen atoms in total. The fourth-order valence-electron chi connectivity index (χ4n) is 2.29. The molecule has 7 heteroatoms. The minimum Gasteiger partial charge on any atom is -0.267 e. The van der Waals surface area contributed by atoms with Crippen molar-refractivity contribution in [3.05, 3.63) is 69.7 Å². The molecule has 0 aliphatic rings. The zero-order valence-corrected chi connectivity index (χ0v) is 15.3. The number of halogens is 2. The molecule has 0 radical (unpaired) electrons. The van der Waals surface area contributed by atoms with Gasteiger partial charge >= 0.3 is 0 Å². The number of rotatable bonds is 3. The van der Waals surface area contributed by atoms with Gasteiger partial charge in [-0.25, -0.2) is 0 Å². The van der Waals surface area contributed by atoms with E-state index >= 15 is 0 Å². The summed E-state index contributed by atoms with van der Waals surface area (Å²) in [6.07, 6.45) is 3.16. The molecule has 0 amide bonds. The molecule has 0 bridgehead atoms. The van der Waals surface area contributed by atoms with E-state index in [9.17, 15) is 4.79 Å². The van der Waals surface area contributed by atoms with Gasteiger partial charge in [0.2, 0.25) is 0 Å². The second-order valence-electron chi connectivity index (χ2n) is 5.17. The van der Waals surface area contributed by atoms with Gasteiger partial charge in [-0.2, -0.15) is 9.78 Å². The van der Waals surface area contributed by atoms with E-state index in [1.54, 1.807) is 24.4 Å². The number of pyridine rings is 1. The van der Waals surface area contributed by atoms with E-state index < -0.39 is 0 Å². The molecule has 2 heterocycles. The lowest BCUT2D eigenvalue weighted by atomic mass is 10.2. The molecule has 0 atom stereocenters. The number of carbonyl (C=O) groups is 1. The Hall–Kier alpha value is -1.82. The summed E-state index contributed by atoms with van der Waals surface area (Å²) in [7, 11) is 0. The lowest BCUT2D eigenvalue weighted by Gasteiger charge is -2.05. The van der Waals surface area contributed by atoms with Gasteiger partial charge in [-0.05, 0) is 44.2 Å². The smallest absolute Gasteiger partial charge is 0.267 e. The third-order valence-corrected chi connectivity index (χ3v) is 5.08. The molecule has 0 unspecified atom stereocenters. The van der Waals surface area contributed by atoms with Crippen LogP contribution in [-0.2, 0) is 0 Å². The summed E-state index contributed by atoms with van der Waals surface area (Å²) in [5.41, 5.74) is 2.03. The lowest BCUT2D eigenvalue weighted by molar-refractivity contribution is 0.0941. The highest BCUT2D eigenvalue weighted by molar-refractivity contribution is 7.99. The summed E-state index contributed by atoms with van der Waals surface area (Å²) < 4.78 is 1.40. The lowest BCUT2D eigenvalue weighted by Crippen LogP contribution is -2.15. The molecule has 0 fully saturated rings. The van der Waals surface area contributed by atoms with Crippen molar-refractivity contribution in [3.8, 4) is 0 Å². The first-order valence-electron chi connectivity index (χ1n) is 7.10. The van der Waals surface area contributed by atoms with Crippen LogP contribution in [0, 0.1) is 13.8 Å². The molecule has 0 saturated heterocycles. The molecule has 0 aliphatic carbocycles.